The Balaban J connectivity index is 2.46. The number of carbonyl (C=O) groups is 5. The summed E-state index contributed by atoms with van der Waals surface area (Å²) in [6.45, 7) is 17.1. The molecule has 51 heavy (non-hydrogen) atoms. The molecule has 0 aromatic heterocycles. The van der Waals surface area contributed by atoms with Crippen molar-refractivity contribution in [3.63, 3.8) is 0 Å². The third kappa shape index (κ3) is 11.8. The van der Waals surface area contributed by atoms with Crippen molar-refractivity contribution in [3.8, 4) is 12.3 Å². The van der Waals surface area contributed by atoms with Gasteiger partial charge in [-0.25, -0.2) is 17.5 Å². The van der Waals surface area contributed by atoms with Gasteiger partial charge in [-0.2, -0.15) is 0 Å². The Bertz CT molecular complexity index is 1410. The molecule has 5 atom stereocenters. The highest BCUT2D eigenvalue weighted by molar-refractivity contribution is 7.89. The molecule has 0 spiro atoms. The van der Waals surface area contributed by atoms with Crippen LogP contribution in [0.2, 0.25) is 0 Å². The van der Waals surface area contributed by atoms with E-state index in [1.807, 2.05) is 41.5 Å². The van der Waals surface area contributed by atoms with Crippen LogP contribution in [-0.4, -0.2) is 104 Å². The van der Waals surface area contributed by atoms with E-state index in [2.05, 4.69) is 33.8 Å². The maximum atomic E-state index is 14.8. The molecule has 1 saturated heterocycles. The van der Waals surface area contributed by atoms with E-state index in [0.29, 0.717) is 19.3 Å². The molecule has 4 N–H and O–H groups in total. The Morgan fingerprint density at radius 1 is 1.08 bits per heavy atom. The number of ketones is 1. The fraction of sp³-hybridized carbons (Fsp3) is 0.757. The molecule has 1 heterocycles. The average Bonchev–Trinajstić information content (AvgIpc) is 3.53. The van der Waals surface area contributed by atoms with Crippen molar-refractivity contribution < 1.29 is 32.4 Å². The number of amides is 5. The number of Topliss-reactive ketones (excluding diaryl/α,β-unsaturated/α-hetero) is 1. The minimum atomic E-state index is -3.51. The molecule has 14 heteroatoms. The molecule has 2 unspecified atom stereocenters. The number of likely N-dealkylation sites (N-methyl/N-ethyl adjacent to an activating group) is 1. The highest BCUT2D eigenvalue weighted by atomic mass is 32.2. The Kier molecular flexibility index (Phi) is 16.2. The number of terminal acetylenes is 1. The zero-order valence-corrected chi connectivity index (χ0v) is 32.8. The van der Waals surface area contributed by atoms with Crippen LogP contribution in [0.1, 0.15) is 99.8 Å². The van der Waals surface area contributed by atoms with Crippen LogP contribution in [0.5, 0.6) is 0 Å². The lowest BCUT2D eigenvalue weighted by atomic mass is 9.70. The quantitative estimate of drug-likeness (QED) is 0.101. The van der Waals surface area contributed by atoms with Crippen LogP contribution in [0.25, 0.3) is 0 Å². The number of urea groups is 1. The predicted molar refractivity (Wildman–Crippen MR) is 199 cm³/mol. The van der Waals surface area contributed by atoms with E-state index in [1.54, 1.807) is 6.92 Å². The third-order valence-corrected chi connectivity index (χ3v) is 12.4. The maximum Gasteiger partial charge on any atom is 0.315 e. The van der Waals surface area contributed by atoms with Crippen LogP contribution >= 0.6 is 0 Å². The van der Waals surface area contributed by atoms with Gasteiger partial charge in [0.15, 0.2) is 0 Å². The monoisotopic (exact) mass is 734 g/mol. The second-order valence-electron chi connectivity index (χ2n) is 15.7. The second-order valence-corrected chi connectivity index (χ2v) is 18.1. The van der Waals surface area contributed by atoms with E-state index >= 15 is 0 Å². The van der Waals surface area contributed by atoms with Gasteiger partial charge in [-0.3, -0.25) is 19.2 Å². The van der Waals surface area contributed by atoms with Gasteiger partial charge in [0.2, 0.25) is 27.6 Å². The summed E-state index contributed by atoms with van der Waals surface area (Å²) in [6.07, 6.45) is 11.7. The van der Waals surface area contributed by atoms with Crippen molar-refractivity contribution in [2.45, 2.75) is 124 Å². The molecule has 0 aromatic rings. The first-order valence-electron chi connectivity index (χ1n) is 18.2. The summed E-state index contributed by atoms with van der Waals surface area (Å²) < 4.78 is 26.4. The first-order chi connectivity index (χ1) is 23.7. The van der Waals surface area contributed by atoms with Crippen molar-refractivity contribution in [2.24, 2.45) is 22.7 Å². The summed E-state index contributed by atoms with van der Waals surface area (Å²) in [5.74, 6) is -0.540. The summed E-state index contributed by atoms with van der Waals surface area (Å²) in [5, 5.41) is 11.1. The summed E-state index contributed by atoms with van der Waals surface area (Å²) in [5.41, 5.74) is -1.14. The lowest BCUT2D eigenvalue weighted by Crippen LogP contribution is -2.63. The Labute approximate surface area is 305 Å². The largest absolute Gasteiger partial charge is 0.346 e. The number of hydrogen-bond acceptors (Lipinski definition) is 7. The molecule has 0 aromatic carbocycles. The maximum absolute atomic E-state index is 14.8. The number of nitrogens with zero attached hydrogens (tertiary/aromatic N) is 2. The summed E-state index contributed by atoms with van der Waals surface area (Å²) >= 11 is 0. The van der Waals surface area contributed by atoms with Crippen LogP contribution in [0.4, 0.5) is 4.79 Å². The molecular formula is C37H62N6O7S. The highest BCUT2D eigenvalue weighted by Crippen LogP contribution is 2.41. The van der Waals surface area contributed by atoms with Crippen LogP contribution < -0.4 is 21.3 Å². The van der Waals surface area contributed by atoms with E-state index in [9.17, 15) is 32.4 Å². The predicted octanol–water partition coefficient (Wildman–Crippen LogP) is 2.96. The fourth-order valence-corrected chi connectivity index (χ4v) is 7.88. The van der Waals surface area contributed by atoms with Gasteiger partial charge in [-0.15, -0.1) is 18.9 Å². The van der Waals surface area contributed by atoms with E-state index < -0.39 is 74.6 Å². The second kappa shape index (κ2) is 18.9. The first kappa shape index (κ1) is 43.7. The van der Waals surface area contributed by atoms with Crippen LogP contribution in [0.15, 0.2) is 12.7 Å². The minimum absolute atomic E-state index is 0.00166. The molecule has 1 aliphatic heterocycles. The van der Waals surface area contributed by atoms with Gasteiger partial charge in [0.05, 0.1) is 11.8 Å². The molecule has 1 saturated carbocycles. The first-order valence-corrected chi connectivity index (χ1v) is 19.8. The van der Waals surface area contributed by atoms with E-state index in [-0.39, 0.29) is 50.1 Å². The van der Waals surface area contributed by atoms with Crippen LogP contribution in [0, 0.1) is 35.0 Å². The Morgan fingerprint density at radius 2 is 1.71 bits per heavy atom. The van der Waals surface area contributed by atoms with E-state index in [1.165, 1.54) is 22.3 Å². The number of likely N-dealkylation sites (tertiary alicyclic amines) is 1. The zero-order valence-electron chi connectivity index (χ0n) is 32.0. The number of rotatable bonds is 17. The van der Waals surface area contributed by atoms with Gasteiger partial charge in [0.25, 0.3) is 5.91 Å². The van der Waals surface area contributed by atoms with Gasteiger partial charge in [-0.1, -0.05) is 66.9 Å². The molecular weight excluding hydrogens is 673 g/mol. The van der Waals surface area contributed by atoms with Crippen LogP contribution in [0.3, 0.4) is 0 Å². The molecule has 1 aliphatic carbocycles. The number of carbonyl (C=O) groups excluding carboxylic acids is 5. The van der Waals surface area contributed by atoms with Crippen molar-refractivity contribution in [2.75, 3.05) is 32.4 Å². The summed E-state index contributed by atoms with van der Waals surface area (Å²) in [7, 11) is -2.03. The molecule has 0 radical (unpaired) electrons. The minimum Gasteiger partial charge on any atom is -0.346 e. The lowest BCUT2D eigenvalue weighted by molar-refractivity contribution is -0.145. The summed E-state index contributed by atoms with van der Waals surface area (Å²) in [6, 6.07) is -4.32. The van der Waals surface area contributed by atoms with Gasteiger partial charge in [-0.05, 0) is 55.3 Å². The van der Waals surface area contributed by atoms with Crippen LogP contribution in [-0.2, 0) is 29.2 Å². The van der Waals surface area contributed by atoms with Gasteiger partial charge in [0.1, 0.15) is 12.1 Å². The summed E-state index contributed by atoms with van der Waals surface area (Å²) in [4.78, 5) is 69.9. The lowest BCUT2D eigenvalue weighted by Gasteiger charge is -2.43. The van der Waals surface area contributed by atoms with Gasteiger partial charge in [0, 0.05) is 39.1 Å². The topological polar surface area (TPSA) is 174 Å². The molecule has 2 rings (SSSR count). The van der Waals surface area contributed by atoms with E-state index in [0.717, 1.165) is 19.3 Å². The molecule has 5 amide bonds. The van der Waals surface area contributed by atoms with Crippen molar-refractivity contribution in [1.29, 1.82) is 0 Å². The smallest absolute Gasteiger partial charge is 0.315 e. The average molecular weight is 735 g/mol. The van der Waals surface area contributed by atoms with Gasteiger partial charge < -0.3 is 26.2 Å². The van der Waals surface area contributed by atoms with Crippen molar-refractivity contribution in [1.82, 2.24) is 30.5 Å². The molecule has 2 aliphatic rings. The molecule has 288 valence electrons. The standard InChI is InChI=1S/C37H62N6O7S/c1-11-14-18-27(30(44)33(46)38-22-12-2)39-32(45)29-26(25(4)5)19-23-43(29)34(47)31(37(9)20-16-15-17-21-37)41-35(48)40-28(36(6,7)8)24-42(10)51(49,50)13-3/h1,12,25-29,31H,2,13-24H2,3-10H3,(H,38,46)(H,39,45)(H2,40,41,48)/t26?,27?,28-,29+,31-/m1/s1. The normalized spacial score (nSPS) is 20.8. The number of sulfonamides is 1. The number of nitrogens with one attached hydrogen (secondary N) is 4. The van der Waals surface area contributed by atoms with E-state index in [4.69, 9.17) is 6.42 Å². The fourth-order valence-electron chi connectivity index (χ4n) is 7.07. The molecule has 2 fully saturated rings. The van der Waals surface area contributed by atoms with Gasteiger partial charge >= 0.3 is 6.03 Å². The SMILES string of the molecule is C#CCCC(NC(=O)[C@@H]1C(C(C)C)CCN1C(=O)[C@@H](NC(=O)N[C@H](CN(C)S(=O)(=O)CC)C(C)(C)C)C1(C)CCCCC1)C(=O)C(=O)NCC=C. The molecule has 0 bridgehead atoms. The van der Waals surface area contributed by atoms with Crippen molar-refractivity contribution in [3.05, 3.63) is 12.7 Å². The Hall–Kier alpha value is -3.44. The zero-order chi connectivity index (χ0) is 38.7. The Morgan fingerprint density at radius 3 is 2.24 bits per heavy atom. The number of hydrogen-bond donors (Lipinski definition) is 4. The highest BCUT2D eigenvalue weighted by Gasteiger charge is 2.50. The van der Waals surface area contributed by atoms with Crippen molar-refractivity contribution >= 4 is 39.6 Å². The molecule has 13 nitrogen and oxygen atoms in total. The third-order valence-electron chi connectivity index (χ3n) is 10.5.